The Labute approximate surface area is 217 Å². The van der Waals surface area contributed by atoms with Crippen LogP contribution in [-0.2, 0) is 22.6 Å². The Balaban J connectivity index is 1.94. The van der Waals surface area contributed by atoms with E-state index in [-0.39, 0.29) is 25.5 Å². The number of aryl methyl sites for hydroxylation is 1. The van der Waals surface area contributed by atoms with Crippen LogP contribution in [0.15, 0.2) is 72.8 Å². The van der Waals surface area contributed by atoms with Gasteiger partial charge in [0.25, 0.3) is 5.91 Å². The number of halogens is 2. The first-order valence-electron chi connectivity index (χ1n) is 11.8. The molecule has 3 aromatic rings. The number of hydrogen-bond acceptors (Lipinski definition) is 3. The van der Waals surface area contributed by atoms with Crippen molar-refractivity contribution < 1.29 is 18.7 Å². The molecule has 7 heteroatoms. The number of hydrogen-bond donors (Lipinski definition) is 1. The number of benzene rings is 3. The van der Waals surface area contributed by atoms with Crippen LogP contribution in [0.1, 0.15) is 37.5 Å². The topological polar surface area (TPSA) is 58.6 Å². The predicted molar refractivity (Wildman–Crippen MR) is 140 cm³/mol. The van der Waals surface area contributed by atoms with Crippen LogP contribution in [0.4, 0.5) is 4.39 Å². The predicted octanol–water partition coefficient (Wildman–Crippen LogP) is 5.72. The van der Waals surface area contributed by atoms with Crippen LogP contribution in [0.25, 0.3) is 0 Å². The van der Waals surface area contributed by atoms with Gasteiger partial charge in [-0.15, -0.1) is 0 Å². The largest absolute Gasteiger partial charge is 0.484 e. The van der Waals surface area contributed by atoms with Crippen LogP contribution < -0.4 is 10.1 Å². The summed E-state index contributed by atoms with van der Waals surface area (Å²) in [5.41, 5.74) is 1.49. The molecule has 0 saturated carbocycles. The second-order valence-electron chi connectivity index (χ2n) is 9.76. The minimum absolute atomic E-state index is 0.0798. The van der Waals surface area contributed by atoms with Gasteiger partial charge >= 0.3 is 0 Å². The number of ether oxygens (including phenoxy) is 1. The summed E-state index contributed by atoms with van der Waals surface area (Å²) in [6.07, 6.45) is 0.267. The maximum Gasteiger partial charge on any atom is 0.261 e. The first kappa shape index (κ1) is 27.2. The van der Waals surface area contributed by atoms with Crippen molar-refractivity contribution >= 4 is 23.4 Å². The zero-order valence-corrected chi connectivity index (χ0v) is 21.8. The Morgan fingerprint density at radius 1 is 1.03 bits per heavy atom. The molecule has 0 fully saturated rings. The molecular weight excluding hydrogens is 479 g/mol. The van der Waals surface area contributed by atoms with Crippen LogP contribution in [0, 0.1) is 12.7 Å². The molecular formula is C29H32ClFN2O3. The SMILES string of the molecule is Cc1cc(OCC(=O)N(Cc2ccccc2F)[C@@H](Cc2ccccc2)C(=O)NC(C)(C)C)ccc1Cl. The molecule has 0 saturated heterocycles. The highest BCUT2D eigenvalue weighted by atomic mass is 35.5. The maximum atomic E-state index is 14.6. The quantitative estimate of drug-likeness (QED) is 0.400. The van der Waals surface area contributed by atoms with Crippen molar-refractivity contribution in [3.63, 3.8) is 0 Å². The summed E-state index contributed by atoms with van der Waals surface area (Å²) in [6.45, 7) is 7.07. The van der Waals surface area contributed by atoms with Gasteiger partial charge in [0.2, 0.25) is 5.91 Å². The van der Waals surface area contributed by atoms with E-state index in [9.17, 15) is 14.0 Å². The lowest BCUT2D eigenvalue weighted by Gasteiger charge is -2.33. The molecule has 0 aromatic heterocycles. The molecule has 0 spiro atoms. The summed E-state index contributed by atoms with van der Waals surface area (Å²) < 4.78 is 20.4. The lowest BCUT2D eigenvalue weighted by Crippen LogP contribution is -2.55. The van der Waals surface area contributed by atoms with E-state index in [0.29, 0.717) is 16.3 Å². The van der Waals surface area contributed by atoms with E-state index in [1.54, 1.807) is 36.4 Å². The Morgan fingerprint density at radius 3 is 2.33 bits per heavy atom. The third-order valence-electron chi connectivity index (χ3n) is 5.56. The summed E-state index contributed by atoms with van der Waals surface area (Å²) in [4.78, 5) is 28.4. The Kier molecular flexibility index (Phi) is 9.10. The second-order valence-corrected chi connectivity index (χ2v) is 10.2. The summed E-state index contributed by atoms with van der Waals surface area (Å²) in [5, 5.41) is 3.57. The van der Waals surface area contributed by atoms with Gasteiger partial charge in [-0.05, 0) is 63.1 Å². The Bertz CT molecular complexity index is 1190. The lowest BCUT2D eigenvalue weighted by molar-refractivity contribution is -0.143. The fourth-order valence-corrected chi connectivity index (χ4v) is 3.87. The van der Waals surface area contributed by atoms with E-state index in [2.05, 4.69) is 5.32 Å². The van der Waals surface area contributed by atoms with Crippen LogP contribution >= 0.6 is 11.6 Å². The lowest BCUT2D eigenvalue weighted by atomic mass is 10.0. The van der Waals surface area contributed by atoms with Gasteiger partial charge in [0.1, 0.15) is 17.6 Å². The first-order valence-corrected chi connectivity index (χ1v) is 12.2. The molecule has 0 heterocycles. The third kappa shape index (κ3) is 7.82. The third-order valence-corrected chi connectivity index (χ3v) is 5.98. The average Bonchev–Trinajstić information content (AvgIpc) is 2.82. The number of nitrogens with zero attached hydrogens (tertiary/aromatic N) is 1. The van der Waals surface area contributed by atoms with Gasteiger partial charge in [-0.2, -0.15) is 0 Å². The molecule has 5 nitrogen and oxygen atoms in total. The molecule has 0 unspecified atom stereocenters. The Hall–Kier alpha value is -3.38. The monoisotopic (exact) mass is 510 g/mol. The van der Waals surface area contributed by atoms with Gasteiger partial charge in [0.15, 0.2) is 6.61 Å². The van der Waals surface area contributed by atoms with E-state index in [1.165, 1.54) is 11.0 Å². The van der Waals surface area contributed by atoms with E-state index in [4.69, 9.17) is 16.3 Å². The number of carbonyl (C=O) groups excluding carboxylic acids is 2. The van der Waals surface area contributed by atoms with Gasteiger partial charge in [-0.25, -0.2) is 4.39 Å². The van der Waals surface area contributed by atoms with Gasteiger partial charge in [0.05, 0.1) is 0 Å². The molecule has 2 amide bonds. The summed E-state index contributed by atoms with van der Waals surface area (Å²) in [5.74, 6) is -0.719. The number of nitrogens with one attached hydrogen (secondary N) is 1. The molecule has 0 bridgehead atoms. The highest BCUT2D eigenvalue weighted by Gasteiger charge is 2.33. The van der Waals surface area contributed by atoms with Crippen molar-refractivity contribution in [2.24, 2.45) is 0 Å². The summed E-state index contributed by atoms with van der Waals surface area (Å²) >= 11 is 6.09. The smallest absolute Gasteiger partial charge is 0.261 e. The molecule has 0 aliphatic rings. The molecule has 1 N–H and O–H groups in total. The average molecular weight is 511 g/mol. The first-order chi connectivity index (χ1) is 17.0. The highest BCUT2D eigenvalue weighted by Crippen LogP contribution is 2.22. The molecule has 1 atom stereocenters. The molecule has 3 rings (SSSR count). The molecule has 3 aromatic carbocycles. The fourth-order valence-electron chi connectivity index (χ4n) is 3.75. The second kappa shape index (κ2) is 12.0. The normalized spacial score (nSPS) is 12.1. The van der Waals surface area contributed by atoms with Crippen molar-refractivity contribution in [3.8, 4) is 5.75 Å². The summed E-state index contributed by atoms with van der Waals surface area (Å²) in [7, 11) is 0. The number of rotatable bonds is 9. The van der Waals surface area contributed by atoms with Gasteiger partial charge in [0, 0.05) is 29.1 Å². The highest BCUT2D eigenvalue weighted by molar-refractivity contribution is 6.31. The minimum Gasteiger partial charge on any atom is -0.484 e. The fraction of sp³-hybridized carbons (Fsp3) is 0.310. The molecule has 0 aliphatic carbocycles. The zero-order chi connectivity index (χ0) is 26.3. The van der Waals surface area contributed by atoms with Crippen molar-refractivity contribution in [3.05, 3.63) is 100 Å². The van der Waals surface area contributed by atoms with Crippen molar-refractivity contribution in [1.82, 2.24) is 10.2 Å². The molecule has 36 heavy (non-hydrogen) atoms. The van der Waals surface area contributed by atoms with Crippen LogP contribution in [0.2, 0.25) is 5.02 Å². The van der Waals surface area contributed by atoms with Gasteiger partial charge < -0.3 is 15.0 Å². The molecule has 190 valence electrons. The van der Waals surface area contributed by atoms with E-state index in [1.807, 2.05) is 58.0 Å². The van der Waals surface area contributed by atoms with Crippen molar-refractivity contribution in [1.29, 1.82) is 0 Å². The summed E-state index contributed by atoms with van der Waals surface area (Å²) in [6, 6.07) is 19.9. The van der Waals surface area contributed by atoms with Crippen LogP contribution in [0.3, 0.4) is 0 Å². The number of amides is 2. The van der Waals surface area contributed by atoms with Gasteiger partial charge in [-0.1, -0.05) is 60.1 Å². The van der Waals surface area contributed by atoms with Crippen LogP contribution in [0.5, 0.6) is 5.75 Å². The Morgan fingerprint density at radius 2 is 1.69 bits per heavy atom. The maximum absolute atomic E-state index is 14.6. The minimum atomic E-state index is -0.880. The van der Waals surface area contributed by atoms with E-state index >= 15 is 0 Å². The van der Waals surface area contributed by atoms with Crippen molar-refractivity contribution in [2.45, 2.75) is 52.2 Å². The molecule has 0 radical (unpaired) electrons. The number of carbonyl (C=O) groups is 2. The van der Waals surface area contributed by atoms with Gasteiger partial charge in [-0.3, -0.25) is 9.59 Å². The van der Waals surface area contributed by atoms with Crippen molar-refractivity contribution in [2.75, 3.05) is 6.61 Å². The standard InChI is InChI=1S/C29H32ClFN2O3/c1-20-16-23(14-15-24(20)30)36-19-27(34)33(18-22-12-8-9-13-25(22)31)26(28(35)32-29(2,3)4)17-21-10-6-5-7-11-21/h5-16,26H,17-19H2,1-4H3,(H,32,35)/t26-/m0/s1. The van der Waals surface area contributed by atoms with E-state index in [0.717, 1.165) is 11.1 Å². The van der Waals surface area contributed by atoms with E-state index < -0.39 is 23.3 Å². The molecule has 0 aliphatic heterocycles. The zero-order valence-electron chi connectivity index (χ0n) is 21.1. The van der Waals surface area contributed by atoms with Crippen LogP contribution in [-0.4, -0.2) is 34.9 Å².